The van der Waals surface area contributed by atoms with Crippen molar-refractivity contribution in [2.24, 2.45) is 0 Å². The van der Waals surface area contributed by atoms with E-state index in [4.69, 9.17) is 4.74 Å². The first kappa shape index (κ1) is 20.5. The Morgan fingerprint density at radius 1 is 0.963 bits per heavy atom. The quantitative estimate of drug-likeness (QED) is 0.689. The van der Waals surface area contributed by atoms with Gasteiger partial charge in [-0.2, -0.15) is 0 Å². The van der Waals surface area contributed by atoms with Crippen LogP contribution < -0.4 is 10.1 Å². The fourth-order valence-electron chi connectivity index (χ4n) is 2.56. The van der Waals surface area contributed by atoms with E-state index in [-0.39, 0.29) is 24.9 Å². The van der Waals surface area contributed by atoms with E-state index in [9.17, 15) is 9.59 Å². The van der Waals surface area contributed by atoms with Crippen LogP contribution in [0.1, 0.15) is 36.5 Å². The molecular formula is C22H27NO4. The minimum absolute atomic E-state index is 0.0391. The normalized spacial score (nSPS) is 10.5. The van der Waals surface area contributed by atoms with Gasteiger partial charge in [0.1, 0.15) is 5.75 Å². The van der Waals surface area contributed by atoms with Gasteiger partial charge in [0.15, 0.2) is 6.61 Å². The SMILES string of the molecule is COC(=O)Cc1ccc(OCC(=O)NCCc2ccc(C(C)C)cc2)cc1. The lowest BCUT2D eigenvalue weighted by atomic mass is 10.0. The number of hydrogen-bond acceptors (Lipinski definition) is 4. The van der Waals surface area contributed by atoms with Gasteiger partial charge in [-0.3, -0.25) is 9.59 Å². The van der Waals surface area contributed by atoms with Crippen molar-refractivity contribution in [3.05, 3.63) is 65.2 Å². The summed E-state index contributed by atoms with van der Waals surface area (Å²) in [6.45, 7) is 4.87. The monoisotopic (exact) mass is 369 g/mol. The van der Waals surface area contributed by atoms with E-state index in [1.54, 1.807) is 24.3 Å². The Morgan fingerprint density at radius 3 is 2.19 bits per heavy atom. The molecule has 0 unspecified atom stereocenters. The number of rotatable bonds is 9. The molecule has 144 valence electrons. The maximum absolute atomic E-state index is 11.9. The predicted octanol–water partition coefficient (Wildman–Crippen LogP) is 3.26. The van der Waals surface area contributed by atoms with Crippen LogP contribution in [0.15, 0.2) is 48.5 Å². The topological polar surface area (TPSA) is 64.6 Å². The smallest absolute Gasteiger partial charge is 0.309 e. The average Bonchev–Trinajstić information content (AvgIpc) is 2.67. The third-order valence-electron chi connectivity index (χ3n) is 4.25. The standard InChI is InChI=1S/C22H27NO4/c1-16(2)19-8-4-17(5-9-19)12-13-23-21(24)15-27-20-10-6-18(7-11-20)14-22(25)26-3/h4-11,16H,12-15H2,1-3H3,(H,23,24). The molecule has 2 rings (SSSR count). The predicted molar refractivity (Wildman–Crippen MR) is 105 cm³/mol. The summed E-state index contributed by atoms with van der Waals surface area (Å²) in [7, 11) is 1.36. The number of carbonyl (C=O) groups is 2. The number of esters is 1. The van der Waals surface area contributed by atoms with E-state index in [2.05, 4.69) is 48.2 Å². The van der Waals surface area contributed by atoms with Crippen molar-refractivity contribution >= 4 is 11.9 Å². The molecule has 1 amide bonds. The van der Waals surface area contributed by atoms with Crippen LogP contribution >= 0.6 is 0 Å². The molecule has 0 radical (unpaired) electrons. The van der Waals surface area contributed by atoms with E-state index in [1.165, 1.54) is 18.2 Å². The van der Waals surface area contributed by atoms with Gasteiger partial charge in [-0.25, -0.2) is 0 Å². The van der Waals surface area contributed by atoms with E-state index in [0.717, 1.165) is 12.0 Å². The lowest BCUT2D eigenvalue weighted by Gasteiger charge is -2.09. The van der Waals surface area contributed by atoms with Crippen LogP contribution in [0.2, 0.25) is 0 Å². The Bertz CT molecular complexity index is 736. The molecular weight excluding hydrogens is 342 g/mol. The largest absolute Gasteiger partial charge is 0.484 e. The lowest BCUT2D eigenvalue weighted by Crippen LogP contribution is -2.30. The molecule has 0 aliphatic carbocycles. The molecule has 0 aliphatic heterocycles. The van der Waals surface area contributed by atoms with Gasteiger partial charge in [-0.15, -0.1) is 0 Å². The Morgan fingerprint density at radius 2 is 1.59 bits per heavy atom. The average molecular weight is 369 g/mol. The molecule has 1 N–H and O–H groups in total. The van der Waals surface area contributed by atoms with Crippen molar-refractivity contribution in [3.8, 4) is 5.75 Å². The summed E-state index contributed by atoms with van der Waals surface area (Å²) in [5, 5.41) is 2.86. The van der Waals surface area contributed by atoms with Crippen molar-refractivity contribution in [1.29, 1.82) is 0 Å². The van der Waals surface area contributed by atoms with Crippen LogP contribution in [-0.4, -0.2) is 32.1 Å². The van der Waals surface area contributed by atoms with Crippen LogP contribution in [0.3, 0.4) is 0 Å². The molecule has 5 nitrogen and oxygen atoms in total. The molecule has 0 fully saturated rings. The third kappa shape index (κ3) is 7.13. The van der Waals surface area contributed by atoms with Crippen molar-refractivity contribution in [2.45, 2.75) is 32.6 Å². The van der Waals surface area contributed by atoms with Gasteiger partial charge < -0.3 is 14.8 Å². The van der Waals surface area contributed by atoms with E-state index < -0.39 is 0 Å². The molecule has 0 bridgehead atoms. The molecule has 0 heterocycles. The number of hydrogen-bond donors (Lipinski definition) is 1. The zero-order chi connectivity index (χ0) is 19.6. The van der Waals surface area contributed by atoms with Crippen molar-refractivity contribution in [1.82, 2.24) is 5.32 Å². The zero-order valence-electron chi connectivity index (χ0n) is 16.2. The number of amides is 1. The second kappa shape index (κ2) is 10.4. The van der Waals surface area contributed by atoms with Gasteiger partial charge in [-0.1, -0.05) is 50.2 Å². The van der Waals surface area contributed by atoms with Crippen LogP contribution in [0.25, 0.3) is 0 Å². The Hall–Kier alpha value is -2.82. The fraction of sp³-hybridized carbons (Fsp3) is 0.364. The first-order chi connectivity index (χ1) is 13.0. The zero-order valence-corrected chi connectivity index (χ0v) is 16.2. The number of benzene rings is 2. The second-order valence-electron chi connectivity index (χ2n) is 6.68. The van der Waals surface area contributed by atoms with Gasteiger partial charge in [0.2, 0.25) is 0 Å². The minimum atomic E-state index is -0.290. The Labute approximate surface area is 160 Å². The highest BCUT2D eigenvalue weighted by molar-refractivity contribution is 5.77. The van der Waals surface area contributed by atoms with Crippen LogP contribution in [0.4, 0.5) is 0 Å². The summed E-state index contributed by atoms with van der Waals surface area (Å²) in [5.41, 5.74) is 3.35. The number of carbonyl (C=O) groups excluding carboxylic acids is 2. The highest BCUT2D eigenvalue weighted by Gasteiger charge is 2.05. The summed E-state index contributed by atoms with van der Waals surface area (Å²) >= 11 is 0. The molecule has 0 saturated carbocycles. The molecule has 0 spiro atoms. The molecule has 2 aromatic rings. The first-order valence-electron chi connectivity index (χ1n) is 9.12. The van der Waals surface area contributed by atoms with Crippen LogP contribution in [0, 0.1) is 0 Å². The summed E-state index contributed by atoms with van der Waals surface area (Å²) in [6.07, 6.45) is 1.00. The summed E-state index contributed by atoms with van der Waals surface area (Å²) < 4.78 is 10.1. The Balaban J connectivity index is 1.69. The van der Waals surface area contributed by atoms with E-state index >= 15 is 0 Å². The molecule has 5 heteroatoms. The van der Waals surface area contributed by atoms with Gasteiger partial charge in [0.05, 0.1) is 13.5 Å². The molecule has 2 aromatic carbocycles. The third-order valence-corrected chi connectivity index (χ3v) is 4.25. The molecule has 27 heavy (non-hydrogen) atoms. The molecule has 0 saturated heterocycles. The maximum atomic E-state index is 11.9. The Kier molecular flexibility index (Phi) is 7.86. The number of nitrogens with one attached hydrogen (secondary N) is 1. The van der Waals surface area contributed by atoms with Crippen molar-refractivity contribution < 1.29 is 19.1 Å². The minimum Gasteiger partial charge on any atom is -0.484 e. The molecule has 0 aromatic heterocycles. The lowest BCUT2D eigenvalue weighted by molar-refractivity contribution is -0.139. The highest BCUT2D eigenvalue weighted by atomic mass is 16.5. The number of ether oxygens (including phenoxy) is 2. The summed E-state index contributed by atoms with van der Waals surface area (Å²) in [6, 6.07) is 15.5. The van der Waals surface area contributed by atoms with Crippen molar-refractivity contribution in [3.63, 3.8) is 0 Å². The van der Waals surface area contributed by atoms with Gasteiger partial charge in [0.25, 0.3) is 5.91 Å². The van der Waals surface area contributed by atoms with Crippen LogP contribution in [-0.2, 0) is 27.2 Å². The maximum Gasteiger partial charge on any atom is 0.309 e. The van der Waals surface area contributed by atoms with E-state index in [0.29, 0.717) is 18.2 Å². The first-order valence-corrected chi connectivity index (χ1v) is 9.12. The van der Waals surface area contributed by atoms with Gasteiger partial charge in [0, 0.05) is 6.54 Å². The molecule has 0 atom stereocenters. The molecule has 0 aliphatic rings. The highest BCUT2D eigenvalue weighted by Crippen LogP contribution is 2.15. The summed E-state index contributed by atoms with van der Waals surface area (Å²) in [4.78, 5) is 23.1. The van der Waals surface area contributed by atoms with Crippen LogP contribution in [0.5, 0.6) is 5.75 Å². The van der Waals surface area contributed by atoms with Gasteiger partial charge in [-0.05, 0) is 41.2 Å². The van der Waals surface area contributed by atoms with Gasteiger partial charge >= 0.3 is 5.97 Å². The number of methoxy groups -OCH3 is 1. The summed E-state index contributed by atoms with van der Waals surface area (Å²) in [5.74, 6) is 0.655. The van der Waals surface area contributed by atoms with Crippen molar-refractivity contribution in [2.75, 3.05) is 20.3 Å². The fourth-order valence-corrected chi connectivity index (χ4v) is 2.56. The second-order valence-corrected chi connectivity index (χ2v) is 6.68. The van der Waals surface area contributed by atoms with E-state index in [1.807, 2.05) is 0 Å².